The molecule has 9 rings (SSSR count). The van der Waals surface area contributed by atoms with Gasteiger partial charge in [-0.2, -0.15) is 0 Å². The Bertz CT molecular complexity index is 2700. The summed E-state index contributed by atoms with van der Waals surface area (Å²) in [5.74, 6) is 0. The lowest BCUT2D eigenvalue weighted by molar-refractivity contribution is 0.392. The quantitative estimate of drug-likeness (QED) is 0.164. The van der Waals surface area contributed by atoms with Gasteiger partial charge in [-0.3, -0.25) is 0 Å². The lowest BCUT2D eigenvalue weighted by Gasteiger charge is -2.45. The molecule has 0 bridgehead atoms. The molecule has 6 aromatic carbocycles. The molecule has 0 N–H and O–H groups in total. The van der Waals surface area contributed by atoms with Crippen LogP contribution in [0.3, 0.4) is 0 Å². The van der Waals surface area contributed by atoms with Crippen molar-refractivity contribution in [3.05, 3.63) is 148 Å². The highest BCUT2D eigenvalue weighted by molar-refractivity contribution is 7.00. The molecule has 0 saturated heterocycles. The van der Waals surface area contributed by atoms with E-state index < -0.39 is 0 Å². The first-order chi connectivity index (χ1) is 28.4. The van der Waals surface area contributed by atoms with Crippen LogP contribution in [0.1, 0.15) is 136 Å². The van der Waals surface area contributed by atoms with Crippen molar-refractivity contribution in [2.24, 2.45) is 5.41 Å². The predicted molar refractivity (Wildman–Crippen MR) is 267 cm³/mol. The molecule has 0 spiro atoms. The first-order valence-corrected chi connectivity index (χ1v) is 22.8. The van der Waals surface area contributed by atoms with E-state index in [2.05, 4.69) is 223 Å². The van der Waals surface area contributed by atoms with Crippen molar-refractivity contribution in [3.63, 3.8) is 0 Å². The molecule has 0 saturated carbocycles. The molecular weight excluding hydrogens is 735 g/mol. The maximum Gasteiger partial charge on any atom is 0.252 e. The zero-order chi connectivity index (χ0) is 43.8. The summed E-state index contributed by atoms with van der Waals surface area (Å²) >= 11 is 0. The molecule has 0 aromatic heterocycles. The molecule has 0 atom stereocenters. The summed E-state index contributed by atoms with van der Waals surface area (Å²) in [6, 6.07) is 43.6. The van der Waals surface area contributed by atoms with Crippen LogP contribution in [0, 0.1) is 12.3 Å². The van der Waals surface area contributed by atoms with Gasteiger partial charge in [-0.15, -0.1) is 0 Å². The van der Waals surface area contributed by atoms with Gasteiger partial charge in [0, 0.05) is 34.0 Å². The number of rotatable bonds is 3. The molecular formula is C58H67BN2. The van der Waals surface area contributed by atoms with Gasteiger partial charge in [0.1, 0.15) is 0 Å². The number of fused-ring (bicyclic) bond motifs is 5. The highest BCUT2D eigenvalue weighted by Gasteiger charge is 2.45. The zero-order valence-corrected chi connectivity index (χ0v) is 39.8. The van der Waals surface area contributed by atoms with Crippen LogP contribution in [-0.2, 0) is 34.5 Å². The summed E-state index contributed by atoms with van der Waals surface area (Å²) in [5.41, 5.74) is 24.4. The third-order valence-corrected chi connectivity index (χ3v) is 13.9. The normalized spacial score (nSPS) is 15.7. The van der Waals surface area contributed by atoms with Crippen LogP contribution in [0.4, 0.5) is 34.1 Å². The van der Waals surface area contributed by atoms with Gasteiger partial charge in [-0.25, -0.2) is 0 Å². The molecule has 3 aliphatic rings. The molecule has 312 valence electrons. The van der Waals surface area contributed by atoms with Gasteiger partial charge in [0.05, 0.1) is 5.69 Å². The Morgan fingerprint density at radius 1 is 0.443 bits per heavy atom. The van der Waals surface area contributed by atoms with E-state index in [4.69, 9.17) is 0 Å². The molecule has 61 heavy (non-hydrogen) atoms. The summed E-state index contributed by atoms with van der Waals surface area (Å²) in [6.07, 6.45) is 2.19. The third kappa shape index (κ3) is 7.15. The molecule has 2 nitrogen and oxygen atoms in total. The minimum atomic E-state index is -0.00402. The van der Waals surface area contributed by atoms with Crippen molar-refractivity contribution in [2.45, 2.75) is 138 Å². The summed E-state index contributed by atoms with van der Waals surface area (Å²) in [5, 5.41) is 0. The number of nitrogens with zero attached hydrogens (tertiary/aromatic N) is 2. The Labute approximate surface area is 368 Å². The van der Waals surface area contributed by atoms with E-state index in [1.807, 2.05) is 0 Å². The molecule has 3 heteroatoms. The number of hydrogen-bond acceptors (Lipinski definition) is 2. The van der Waals surface area contributed by atoms with Gasteiger partial charge < -0.3 is 9.80 Å². The lowest BCUT2D eigenvalue weighted by atomic mass is 9.33. The average molecular weight is 803 g/mol. The van der Waals surface area contributed by atoms with E-state index in [0.29, 0.717) is 0 Å². The van der Waals surface area contributed by atoms with Crippen LogP contribution >= 0.6 is 0 Å². The fourth-order valence-electron chi connectivity index (χ4n) is 10.4. The first kappa shape index (κ1) is 41.3. The highest BCUT2D eigenvalue weighted by atomic mass is 15.2. The number of benzene rings is 6. The van der Waals surface area contributed by atoms with Crippen molar-refractivity contribution in [1.29, 1.82) is 0 Å². The summed E-state index contributed by atoms with van der Waals surface area (Å²) in [6.45, 7) is 35.2. The number of hydrogen-bond donors (Lipinski definition) is 0. The Morgan fingerprint density at radius 3 is 1.46 bits per heavy atom. The SMILES string of the molecule is Cc1cc2c3c(c1)N(c1ccc(C(C)(C)C)cc1-c1ccc(C(C)(C)C)cc1)c1cc4c(cc1B3c1cc(C(C)(C)C)ccc1N2c1ccc(C(C)(C)C)cc1)CC(C)(C)C4. The van der Waals surface area contributed by atoms with Crippen LogP contribution in [0.25, 0.3) is 11.1 Å². The summed E-state index contributed by atoms with van der Waals surface area (Å²) in [4.78, 5) is 5.24. The summed E-state index contributed by atoms with van der Waals surface area (Å²) < 4.78 is 0. The Morgan fingerprint density at radius 2 is 0.902 bits per heavy atom. The van der Waals surface area contributed by atoms with Gasteiger partial charge in [0.2, 0.25) is 0 Å². The minimum Gasteiger partial charge on any atom is -0.311 e. The van der Waals surface area contributed by atoms with E-state index >= 15 is 0 Å². The molecule has 0 unspecified atom stereocenters. The lowest BCUT2D eigenvalue weighted by Crippen LogP contribution is -2.61. The van der Waals surface area contributed by atoms with Crippen molar-refractivity contribution in [2.75, 3.05) is 9.80 Å². The number of anilines is 6. The maximum absolute atomic E-state index is 2.67. The largest absolute Gasteiger partial charge is 0.311 e. The Balaban J connectivity index is 1.38. The van der Waals surface area contributed by atoms with Gasteiger partial charge in [-0.05, 0) is 156 Å². The second kappa shape index (κ2) is 13.7. The molecule has 0 fully saturated rings. The molecule has 0 amide bonds. The smallest absolute Gasteiger partial charge is 0.252 e. The fraction of sp³-hybridized carbons (Fsp3) is 0.379. The van der Waals surface area contributed by atoms with Gasteiger partial charge in [0.15, 0.2) is 0 Å². The number of aryl methyl sites for hydroxylation is 1. The maximum atomic E-state index is 2.67. The Kier molecular flexibility index (Phi) is 9.31. The topological polar surface area (TPSA) is 6.48 Å². The van der Waals surface area contributed by atoms with Crippen molar-refractivity contribution >= 4 is 57.2 Å². The highest BCUT2D eigenvalue weighted by Crippen LogP contribution is 2.50. The average Bonchev–Trinajstić information content (AvgIpc) is 3.47. The summed E-state index contributed by atoms with van der Waals surface area (Å²) in [7, 11) is 0. The van der Waals surface area contributed by atoms with Crippen molar-refractivity contribution in [1.82, 2.24) is 0 Å². The second-order valence-electron chi connectivity index (χ2n) is 23.6. The van der Waals surface area contributed by atoms with E-state index in [9.17, 15) is 0 Å². The van der Waals surface area contributed by atoms with E-state index in [1.165, 1.54) is 101 Å². The Hall–Kier alpha value is -5.02. The van der Waals surface area contributed by atoms with E-state index in [1.54, 1.807) is 0 Å². The molecule has 2 heterocycles. The van der Waals surface area contributed by atoms with Gasteiger partial charge >= 0.3 is 0 Å². The predicted octanol–water partition coefficient (Wildman–Crippen LogP) is 14.1. The molecule has 2 aliphatic heterocycles. The first-order valence-electron chi connectivity index (χ1n) is 22.8. The van der Waals surface area contributed by atoms with E-state index in [-0.39, 0.29) is 33.8 Å². The molecule has 0 radical (unpaired) electrons. The van der Waals surface area contributed by atoms with E-state index in [0.717, 1.165) is 12.8 Å². The standard InChI is InChI=1S/C58H67BN2/c1-36-28-51-53-52(29-36)61(48-26-22-42(56(8,9)10)32-45(48)37-16-18-40(19-17-37)54(2,3)4)50-31-39-35-58(14,15)34-38(39)30-46(50)59(53)47-33-43(57(11,12)13)23-27-49(47)60(51)44-24-20-41(21-25-44)55(5,6)7/h16-33H,34-35H2,1-15H3. The second-order valence-corrected chi connectivity index (χ2v) is 23.6. The van der Waals surface area contributed by atoms with Crippen molar-refractivity contribution in [3.8, 4) is 11.1 Å². The monoisotopic (exact) mass is 803 g/mol. The van der Waals surface area contributed by atoms with Crippen molar-refractivity contribution < 1.29 is 0 Å². The van der Waals surface area contributed by atoms with Crippen LogP contribution in [0.2, 0.25) is 0 Å². The van der Waals surface area contributed by atoms with Gasteiger partial charge in [0.25, 0.3) is 6.71 Å². The minimum absolute atomic E-state index is 0.00231. The van der Waals surface area contributed by atoms with Crippen LogP contribution in [-0.4, -0.2) is 6.71 Å². The zero-order valence-electron chi connectivity index (χ0n) is 39.8. The van der Waals surface area contributed by atoms with Gasteiger partial charge in [-0.1, -0.05) is 158 Å². The van der Waals surface area contributed by atoms with Crippen LogP contribution in [0.15, 0.2) is 109 Å². The van der Waals surface area contributed by atoms with Crippen LogP contribution in [0.5, 0.6) is 0 Å². The van der Waals surface area contributed by atoms with Crippen LogP contribution < -0.4 is 26.2 Å². The third-order valence-electron chi connectivity index (χ3n) is 13.9. The molecule has 6 aromatic rings. The molecule has 1 aliphatic carbocycles. The fourth-order valence-corrected chi connectivity index (χ4v) is 10.4.